The molecule has 2 aromatic rings. The number of carbonyl (C=O) groups excluding carboxylic acids is 1. The van der Waals surface area contributed by atoms with Crippen LogP contribution in [0.3, 0.4) is 0 Å². The Bertz CT molecular complexity index is 668. The summed E-state index contributed by atoms with van der Waals surface area (Å²) < 4.78 is 11.1. The molecule has 0 aromatic heterocycles. The lowest BCUT2D eigenvalue weighted by Crippen LogP contribution is -2.25. The highest BCUT2D eigenvalue weighted by Gasteiger charge is 2.11. The zero-order chi connectivity index (χ0) is 18.1. The minimum Gasteiger partial charge on any atom is -0.493 e. The van der Waals surface area contributed by atoms with E-state index in [1.807, 2.05) is 18.2 Å². The number of amides is 1. The molecule has 1 N–H and O–H groups in total. The maximum absolute atomic E-state index is 12.3. The second kappa shape index (κ2) is 9.72. The van der Waals surface area contributed by atoms with Crippen LogP contribution in [0.5, 0.6) is 11.5 Å². The first-order chi connectivity index (χ1) is 12.1. The fraction of sp³-hybridized carbons (Fsp3) is 0.381. The largest absolute Gasteiger partial charge is 0.493 e. The van der Waals surface area contributed by atoms with Gasteiger partial charge in [0.1, 0.15) is 0 Å². The van der Waals surface area contributed by atoms with Crippen molar-refractivity contribution in [1.82, 2.24) is 5.32 Å². The Morgan fingerprint density at radius 3 is 2.52 bits per heavy atom. The SMILES string of the molecule is COc1cc(C(=O)NCCc2ccccc2)ccc1OCCC(C)C. The highest BCUT2D eigenvalue weighted by atomic mass is 16.5. The Kier molecular flexibility index (Phi) is 7.33. The summed E-state index contributed by atoms with van der Waals surface area (Å²) in [7, 11) is 1.59. The molecule has 0 aliphatic heterocycles. The molecule has 134 valence electrons. The normalized spacial score (nSPS) is 10.6. The fourth-order valence-corrected chi connectivity index (χ4v) is 2.40. The summed E-state index contributed by atoms with van der Waals surface area (Å²) in [6.45, 7) is 5.54. The minimum absolute atomic E-state index is 0.108. The number of nitrogens with one attached hydrogen (secondary N) is 1. The standard InChI is InChI=1S/C21H27NO3/c1-16(2)12-14-25-19-10-9-18(15-20(19)24-3)21(23)22-13-11-17-7-5-4-6-8-17/h4-10,15-16H,11-14H2,1-3H3,(H,22,23). The maximum atomic E-state index is 12.3. The average Bonchev–Trinajstić information content (AvgIpc) is 2.62. The van der Waals surface area contributed by atoms with Gasteiger partial charge in [0.2, 0.25) is 0 Å². The van der Waals surface area contributed by atoms with E-state index in [2.05, 4.69) is 31.3 Å². The first-order valence-corrected chi connectivity index (χ1v) is 8.73. The minimum atomic E-state index is -0.108. The molecule has 2 aromatic carbocycles. The van der Waals surface area contributed by atoms with E-state index in [1.54, 1.807) is 25.3 Å². The molecule has 4 nitrogen and oxygen atoms in total. The first-order valence-electron chi connectivity index (χ1n) is 8.73. The van der Waals surface area contributed by atoms with Crippen LogP contribution in [0.2, 0.25) is 0 Å². The fourth-order valence-electron chi connectivity index (χ4n) is 2.40. The summed E-state index contributed by atoms with van der Waals surface area (Å²) in [5.74, 6) is 1.73. The van der Waals surface area contributed by atoms with Gasteiger partial charge in [0.15, 0.2) is 11.5 Å². The zero-order valence-corrected chi connectivity index (χ0v) is 15.2. The van der Waals surface area contributed by atoms with Crippen LogP contribution in [0.15, 0.2) is 48.5 Å². The van der Waals surface area contributed by atoms with Crippen molar-refractivity contribution < 1.29 is 14.3 Å². The van der Waals surface area contributed by atoms with Gasteiger partial charge in [-0.25, -0.2) is 0 Å². The summed E-state index contributed by atoms with van der Waals surface area (Å²) in [4.78, 5) is 12.3. The van der Waals surface area contributed by atoms with Gasteiger partial charge >= 0.3 is 0 Å². The van der Waals surface area contributed by atoms with E-state index in [-0.39, 0.29) is 5.91 Å². The predicted octanol–water partition coefficient (Wildman–Crippen LogP) is 4.09. The maximum Gasteiger partial charge on any atom is 0.251 e. The van der Waals surface area contributed by atoms with Crippen molar-refractivity contribution in [1.29, 1.82) is 0 Å². The highest BCUT2D eigenvalue weighted by Crippen LogP contribution is 2.28. The molecule has 4 heteroatoms. The van der Waals surface area contributed by atoms with Crippen LogP contribution in [-0.4, -0.2) is 26.2 Å². The van der Waals surface area contributed by atoms with Crippen molar-refractivity contribution in [3.63, 3.8) is 0 Å². The van der Waals surface area contributed by atoms with Gasteiger partial charge in [-0.2, -0.15) is 0 Å². The molecule has 0 bridgehead atoms. The Morgan fingerprint density at radius 1 is 1.08 bits per heavy atom. The molecule has 0 spiro atoms. The zero-order valence-electron chi connectivity index (χ0n) is 15.2. The van der Waals surface area contributed by atoms with Gasteiger partial charge in [-0.15, -0.1) is 0 Å². The van der Waals surface area contributed by atoms with Crippen molar-refractivity contribution in [2.75, 3.05) is 20.3 Å². The number of methoxy groups -OCH3 is 1. The molecule has 0 unspecified atom stereocenters. The Balaban J connectivity index is 1.90. The third-order valence-corrected chi connectivity index (χ3v) is 3.92. The Hall–Kier alpha value is -2.49. The lowest BCUT2D eigenvalue weighted by Gasteiger charge is -2.13. The van der Waals surface area contributed by atoms with Crippen LogP contribution in [0.1, 0.15) is 36.2 Å². The van der Waals surface area contributed by atoms with Crippen molar-refractivity contribution in [3.8, 4) is 11.5 Å². The van der Waals surface area contributed by atoms with Crippen molar-refractivity contribution in [2.45, 2.75) is 26.7 Å². The molecule has 0 atom stereocenters. The molecular weight excluding hydrogens is 314 g/mol. The molecule has 0 aliphatic carbocycles. The van der Waals surface area contributed by atoms with Gasteiger partial charge in [-0.3, -0.25) is 4.79 Å². The van der Waals surface area contributed by atoms with Gasteiger partial charge in [-0.05, 0) is 42.5 Å². The number of rotatable bonds is 9. The first kappa shape index (κ1) is 18.8. The molecule has 0 saturated carbocycles. The van der Waals surface area contributed by atoms with E-state index >= 15 is 0 Å². The number of ether oxygens (including phenoxy) is 2. The van der Waals surface area contributed by atoms with Gasteiger partial charge in [0, 0.05) is 12.1 Å². The van der Waals surface area contributed by atoms with E-state index in [9.17, 15) is 4.79 Å². The van der Waals surface area contributed by atoms with E-state index in [0.717, 1.165) is 12.8 Å². The number of hydrogen-bond donors (Lipinski definition) is 1. The van der Waals surface area contributed by atoms with E-state index in [1.165, 1.54) is 5.56 Å². The number of carbonyl (C=O) groups is 1. The Morgan fingerprint density at radius 2 is 1.84 bits per heavy atom. The van der Waals surface area contributed by atoms with Crippen LogP contribution in [0.25, 0.3) is 0 Å². The summed E-state index contributed by atoms with van der Waals surface area (Å²) in [5, 5.41) is 2.94. The summed E-state index contributed by atoms with van der Waals surface area (Å²) in [5.41, 5.74) is 1.77. The molecule has 25 heavy (non-hydrogen) atoms. The van der Waals surface area contributed by atoms with Crippen molar-refractivity contribution in [2.24, 2.45) is 5.92 Å². The average molecular weight is 341 g/mol. The monoisotopic (exact) mass is 341 g/mol. The molecule has 0 aliphatic rings. The Labute approximate surface area is 150 Å². The number of benzene rings is 2. The second-order valence-corrected chi connectivity index (χ2v) is 6.39. The summed E-state index contributed by atoms with van der Waals surface area (Å²) in [6.07, 6.45) is 1.78. The van der Waals surface area contributed by atoms with Gasteiger partial charge < -0.3 is 14.8 Å². The topological polar surface area (TPSA) is 47.6 Å². The quantitative estimate of drug-likeness (QED) is 0.747. The summed E-state index contributed by atoms with van der Waals surface area (Å²) in [6, 6.07) is 15.4. The van der Waals surface area contributed by atoms with Gasteiger partial charge in [0.25, 0.3) is 5.91 Å². The molecule has 0 fully saturated rings. The van der Waals surface area contributed by atoms with Crippen LogP contribution in [-0.2, 0) is 6.42 Å². The van der Waals surface area contributed by atoms with Gasteiger partial charge in [0.05, 0.1) is 13.7 Å². The molecule has 2 rings (SSSR count). The number of hydrogen-bond acceptors (Lipinski definition) is 3. The smallest absolute Gasteiger partial charge is 0.251 e. The van der Waals surface area contributed by atoms with Crippen LogP contribution >= 0.6 is 0 Å². The highest BCUT2D eigenvalue weighted by molar-refractivity contribution is 5.94. The van der Waals surface area contributed by atoms with Crippen molar-refractivity contribution >= 4 is 5.91 Å². The molecule has 1 amide bonds. The van der Waals surface area contributed by atoms with Crippen LogP contribution in [0, 0.1) is 5.92 Å². The molecule has 0 heterocycles. The lowest BCUT2D eigenvalue weighted by molar-refractivity contribution is 0.0953. The third kappa shape index (κ3) is 6.14. The van der Waals surface area contributed by atoms with Crippen LogP contribution < -0.4 is 14.8 Å². The second-order valence-electron chi connectivity index (χ2n) is 6.39. The third-order valence-electron chi connectivity index (χ3n) is 3.92. The van der Waals surface area contributed by atoms with Crippen LogP contribution in [0.4, 0.5) is 0 Å². The van der Waals surface area contributed by atoms with E-state index in [4.69, 9.17) is 9.47 Å². The van der Waals surface area contributed by atoms with Gasteiger partial charge in [-0.1, -0.05) is 44.2 Å². The molecule has 0 saturated heterocycles. The molecule has 0 radical (unpaired) electrons. The molecular formula is C21H27NO3. The predicted molar refractivity (Wildman–Crippen MR) is 100 cm³/mol. The van der Waals surface area contributed by atoms with E-state index in [0.29, 0.717) is 36.1 Å². The van der Waals surface area contributed by atoms with Crippen molar-refractivity contribution in [3.05, 3.63) is 59.7 Å². The van der Waals surface area contributed by atoms with E-state index < -0.39 is 0 Å². The lowest BCUT2D eigenvalue weighted by atomic mass is 10.1. The summed E-state index contributed by atoms with van der Waals surface area (Å²) >= 11 is 0.